The van der Waals surface area contributed by atoms with Crippen LogP contribution in [0.2, 0.25) is 0 Å². The lowest BCUT2D eigenvalue weighted by molar-refractivity contribution is -0.122. The van der Waals surface area contributed by atoms with Gasteiger partial charge in [0.2, 0.25) is 17.7 Å². The number of carbonyl (C=O) groups excluding carboxylic acids is 2. The van der Waals surface area contributed by atoms with Crippen molar-refractivity contribution in [2.75, 3.05) is 23.9 Å². The van der Waals surface area contributed by atoms with Gasteiger partial charge in [-0.1, -0.05) is 0 Å². The molecule has 0 aliphatic carbocycles. The molecule has 3 heterocycles. The summed E-state index contributed by atoms with van der Waals surface area (Å²) in [7, 11) is 1.59. The van der Waals surface area contributed by atoms with Crippen LogP contribution in [-0.4, -0.2) is 45.4 Å². The molecule has 1 N–H and O–H groups in total. The Kier molecular flexibility index (Phi) is 6.08. The number of amides is 2. The summed E-state index contributed by atoms with van der Waals surface area (Å²) in [4.78, 5) is 26.9. The van der Waals surface area contributed by atoms with E-state index in [1.54, 1.807) is 83.7 Å². The quantitative estimate of drug-likeness (QED) is 0.440. The van der Waals surface area contributed by atoms with Crippen LogP contribution in [0.4, 0.5) is 11.4 Å². The van der Waals surface area contributed by atoms with Gasteiger partial charge in [0.15, 0.2) is 5.82 Å². The third-order valence-electron chi connectivity index (χ3n) is 5.59. The molecule has 2 aromatic heterocycles. The van der Waals surface area contributed by atoms with E-state index < -0.39 is 5.92 Å². The standard InChI is InChI=1S/C25H22N6O4/c1-34-20-9-5-19(6-10-20)30-16-17(15-24(30)32)25(33)27-18-3-7-21(8-4-18)35-23-12-11-22(28-29-23)31-14-2-13-26-31/h2-14,17H,15-16H2,1H3,(H,27,33). The number of nitrogens with zero attached hydrogens (tertiary/aromatic N) is 5. The Morgan fingerprint density at radius 3 is 2.43 bits per heavy atom. The highest BCUT2D eigenvalue weighted by atomic mass is 16.5. The third-order valence-corrected chi connectivity index (χ3v) is 5.59. The Labute approximate surface area is 201 Å². The molecule has 0 radical (unpaired) electrons. The maximum atomic E-state index is 12.8. The summed E-state index contributed by atoms with van der Waals surface area (Å²) >= 11 is 0. The van der Waals surface area contributed by atoms with E-state index in [2.05, 4.69) is 20.6 Å². The van der Waals surface area contributed by atoms with Crippen LogP contribution in [0.15, 0.2) is 79.1 Å². The van der Waals surface area contributed by atoms with Crippen LogP contribution in [0.1, 0.15) is 6.42 Å². The molecule has 35 heavy (non-hydrogen) atoms. The Morgan fingerprint density at radius 2 is 1.77 bits per heavy atom. The Morgan fingerprint density at radius 1 is 1.00 bits per heavy atom. The van der Waals surface area contributed by atoms with Crippen LogP contribution < -0.4 is 19.7 Å². The van der Waals surface area contributed by atoms with Gasteiger partial charge in [0, 0.05) is 42.8 Å². The van der Waals surface area contributed by atoms with E-state index in [1.165, 1.54) is 0 Å². The topological polar surface area (TPSA) is 111 Å². The van der Waals surface area contributed by atoms with Gasteiger partial charge >= 0.3 is 0 Å². The molecule has 1 fully saturated rings. The summed E-state index contributed by atoms with van der Waals surface area (Å²) < 4.78 is 12.5. The number of aromatic nitrogens is 4. The van der Waals surface area contributed by atoms with Gasteiger partial charge in [-0.2, -0.15) is 5.10 Å². The highest BCUT2D eigenvalue weighted by Gasteiger charge is 2.35. The lowest BCUT2D eigenvalue weighted by Gasteiger charge is -2.17. The van der Waals surface area contributed by atoms with Gasteiger partial charge in [-0.05, 0) is 60.7 Å². The molecule has 2 aromatic carbocycles. The zero-order chi connectivity index (χ0) is 24.2. The second-order valence-electron chi connectivity index (χ2n) is 7.90. The second kappa shape index (κ2) is 9.64. The van der Waals surface area contributed by atoms with Gasteiger partial charge in [-0.3, -0.25) is 9.59 Å². The Bertz CT molecular complexity index is 1310. The third kappa shape index (κ3) is 4.96. The van der Waals surface area contributed by atoms with Crippen molar-refractivity contribution in [3.63, 3.8) is 0 Å². The highest BCUT2D eigenvalue weighted by Crippen LogP contribution is 2.28. The van der Waals surface area contributed by atoms with Gasteiger partial charge in [-0.25, -0.2) is 4.68 Å². The fourth-order valence-electron chi connectivity index (χ4n) is 3.76. The molecule has 1 aliphatic heterocycles. The minimum atomic E-state index is -0.441. The van der Waals surface area contributed by atoms with Crippen molar-refractivity contribution in [2.24, 2.45) is 5.92 Å². The Balaban J connectivity index is 1.17. The van der Waals surface area contributed by atoms with E-state index in [9.17, 15) is 9.59 Å². The zero-order valence-corrected chi connectivity index (χ0v) is 18.9. The van der Waals surface area contributed by atoms with Crippen molar-refractivity contribution in [3.05, 3.63) is 79.1 Å². The van der Waals surface area contributed by atoms with Gasteiger partial charge in [-0.15, -0.1) is 10.2 Å². The smallest absolute Gasteiger partial charge is 0.238 e. The summed E-state index contributed by atoms with van der Waals surface area (Å²) in [6, 6.07) is 19.4. The normalized spacial score (nSPS) is 15.2. The van der Waals surface area contributed by atoms with Crippen LogP contribution in [0.5, 0.6) is 17.4 Å². The van der Waals surface area contributed by atoms with Crippen molar-refractivity contribution >= 4 is 23.2 Å². The molecule has 10 heteroatoms. The molecule has 2 amide bonds. The predicted octanol–water partition coefficient (Wildman–Crippen LogP) is 3.45. The largest absolute Gasteiger partial charge is 0.497 e. The van der Waals surface area contributed by atoms with Crippen molar-refractivity contribution in [1.82, 2.24) is 20.0 Å². The van der Waals surface area contributed by atoms with Crippen LogP contribution in [0.25, 0.3) is 5.82 Å². The monoisotopic (exact) mass is 470 g/mol. The molecule has 0 bridgehead atoms. The molecule has 176 valence electrons. The van der Waals surface area contributed by atoms with Crippen molar-refractivity contribution < 1.29 is 19.1 Å². The SMILES string of the molecule is COc1ccc(N2CC(C(=O)Nc3ccc(Oc4ccc(-n5cccn5)nn4)cc3)CC2=O)cc1. The van der Waals surface area contributed by atoms with Gasteiger partial charge in [0.25, 0.3) is 0 Å². The fourth-order valence-corrected chi connectivity index (χ4v) is 3.76. The molecular weight excluding hydrogens is 448 g/mol. The van der Waals surface area contributed by atoms with Gasteiger partial charge in [0.05, 0.1) is 13.0 Å². The maximum Gasteiger partial charge on any atom is 0.238 e. The number of anilines is 2. The highest BCUT2D eigenvalue weighted by molar-refractivity contribution is 6.03. The van der Waals surface area contributed by atoms with E-state index in [1.807, 2.05) is 12.1 Å². The molecule has 5 rings (SSSR count). The lowest BCUT2D eigenvalue weighted by atomic mass is 10.1. The molecule has 1 saturated heterocycles. The second-order valence-corrected chi connectivity index (χ2v) is 7.90. The molecule has 1 atom stereocenters. The predicted molar refractivity (Wildman–Crippen MR) is 128 cm³/mol. The summed E-state index contributed by atoms with van der Waals surface area (Å²) in [5.74, 6) is 1.44. The van der Waals surface area contributed by atoms with Crippen molar-refractivity contribution in [2.45, 2.75) is 6.42 Å². The van der Waals surface area contributed by atoms with Gasteiger partial charge < -0.3 is 19.7 Å². The molecule has 1 unspecified atom stereocenters. The number of ether oxygens (including phenoxy) is 2. The van der Waals surface area contributed by atoms with E-state index in [0.29, 0.717) is 35.4 Å². The first-order valence-corrected chi connectivity index (χ1v) is 11.0. The van der Waals surface area contributed by atoms with E-state index in [-0.39, 0.29) is 18.2 Å². The number of hydrogen-bond acceptors (Lipinski definition) is 7. The van der Waals surface area contributed by atoms with E-state index in [4.69, 9.17) is 9.47 Å². The fraction of sp³-hybridized carbons (Fsp3) is 0.160. The molecule has 0 saturated carbocycles. The molecule has 4 aromatic rings. The van der Waals surface area contributed by atoms with Crippen LogP contribution in [-0.2, 0) is 9.59 Å². The number of benzene rings is 2. The number of methoxy groups -OCH3 is 1. The lowest BCUT2D eigenvalue weighted by Crippen LogP contribution is -2.28. The van der Waals surface area contributed by atoms with Crippen molar-refractivity contribution in [1.29, 1.82) is 0 Å². The van der Waals surface area contributed by atoms with Crippen LogP contribution >= 0.6 is 0 Å². The van der Waals surface area contributed by atoms with Crippen LogP contribution in [0, 0.1) is 5.92 Å². The first-order chi connectivity index (χ1) is 17.1. The van der Waals surface area contributed by atoms with E-state index in [0.717, 1.165) is 5.69 Å². The molecule has 10 nitrogen and oxygen atoms in total. The minimum Gasteiger partial charge on any atom is -0.497 e. The zero-order valence-electron chi connectivity index (χ0n) is 18.9. The first kappa shape index (κ1) is 22.1. The average Bonchev–Trinajstić information content (AvgIpc) is 3.56. The maximum absolute atomic E-state index is 12.8. The number of hydrogen-bond donors (Lipinski definition) is 1. The summed E-state index contributed by atoms with van der Waals surface area (Å²) in [6.07, 6.45) is 3.59. The molecule has 0 spiro atoms. The van der Waals surface area contributed by atoms with Crippen molar-refractivity contribution in [3.8, 4) is 23.2 Å². The first-order valence-electron chi connectivity index (χ1n) is 11.0. The number of nitrogens with one attached hydrogen (secondary N) is 1. The summed E-state index contributed by atoms with van der Waals surface area (Å²) in [6.45, 7) is 0.325. The summed E-state index contributed by atoms with van der Waals surface area (Å²) in [5.41, 5.74) is 1.35. The van der Waals surface area contributed by atoms with E-state index >= 15 is 0 Å². The minimum absolute atomic E-state index is 0.0845. The number of rotatable bonds is 7. The summed E-state index contributed by atoms with van der Waals surface area (Å²) in [5, 5.41) is 15.1. The number of carbonyl (C=O) groups is 2. The van der Waals surface area contributed by atoms with Gasteiger partial charge in [0.1, 0.15) is 11.5 Å². The average molecular weight is 470 g/mol. The Hall–Kier alpha value is -4.73. The molecule has 1 aliphatic rings. The van der Waals surface area contributed by atoms with Crippen LogP contribution in [0.3, 0.4) is 0 Å². The molecular formula is C25H22N6O4.